The van der Waals surface area contributed by atoms with Crippen LogP contribution < -0.4 is 10.0 Å². The fourth-order valence-corrected chi connectivity index (χ4v) is 2.57. The van der Waals surface area contributed by atoms with Crippen molar-refractivity contribution in [3.05, 3.63) is 42.2 Å². The second-order valence-corrected chi connectivity index (χ2v) is 6.16. The number of hydrogen-bond acceptors (Lipinski definition) is 4. The molecule has 0 aliphatic rings. The molecule has 1 aromatic carbocycles. The molecule has 2 aromatic rings. The smallest absolute Gasteiger partial charge is 0.321 e. The van der Waals surface area contributed by atoms with Gasteiger partial charge in [0.15, 0.2) is 0 Å². The Morgan fingerprint density at radius 1 is 1.17 bits per heavy atom. The van der Waals surface area contributed by atoms with Gasteiger partial charge in [-0.1, -0.05) is 0 Å². The van der Waals surface area contributed by atoms with Crippen molar-refractivity contribution in [2.75, 3.05) is 11.9 Å². The summed E-state index contributed by atoms with van der Waals surface area (Å²) < 4.78 is 61.0. The van der Waals surface area contributed by atoms with Crippen LogP contribution in [0.4, 0.5) is 18.9 Å². The number of rotatable bonds is 5. The highest BCUT2D eigenvalue weighted by Gasteiger charge is 2.30. The third-order valence-corrected chi connectivity index (χ3v) is 4.05. The van der Waals surface area contributed by atoms with E-state index in [4.69, 9.17) is 0 Å². The first-order valence-electron chi connectivity index (χ1n) is 6.14. The lowest BCUT2D eigenvalue weighted by molar-refractivity contribution is -0.121. The summed E-state index contributed by atoms with van der Waals surface area (Å²) >= 11 is 0. The summed E-state index contributed by atoms with van der Waals surface area (Å²) in [5.74, 6) is -0.492. The van der Waals surface area contributed by atoms with Crippen molar-refractivity contribution in [3.8, 4) is 0 Å². The van der Waals surface area contributed by atoms with E-state index in [1.54, 1.807) is 0 Å². The number of carbonyl (C=O) groups is 1. The molecule has 7 nitrogen and oxygen atoms in total. The number of nitrogens with one attached hydrogen (secondary N) is 3. The molecule has 23 heavy (non-hydrogen) atoms. The van der Waals surface area contributed by atoms with Crippen LogP contribution in [0.25, 0.3) is 0 Å². The maximum Gasteiger partial charge on any atom is 0.402 e. The molecule has 0 atom stereocenters. The minimum Gasteiger partial charge on any atom is -0.321 e. The van der Waals surface area contributed by atoms with Crippen molar-refractivity contribution < 1.29 is 26.4 Å². The molecule has 0 aliphatic heterocycles. The highest BCUT2D eigenvalue weighted by atomic mass is 32.2. The van der Waals surface area contributed by atoms with E-state index in [1.807, 2.05) is 0 Å². The Morgan fingerprint density at radius 2 is 1.83 bits per heavy atom. The predicted molar refractivity (Wildman–Crippen MR) is 74.2 cm³/mol. The first-order valence-corrected chi connectivity index (χ1v) is 7.63. The Hall–Kier alpha value is -2.40. The molecule has 0 saturated carbocycles. The van der Waals surface area contributed by atoms with Gasteiger partial charge >= 0.3 is 6.18 Å². The van der Waals surface area contributed by atoms with E-state index in [0.29, 0.717) is 0 Å². The third-order valence-electron chi connectivity index (χ3n) is 2.63. The molecule has 11 heteroatoms. The molecule has 3 N–H and O–H groups in total. The molecule has 0 radical (unpaired) electrons. The van der Waals surface area contributed by atoms with Gasteiger partial charge in [0.25, 0.3) is 5.91 Å². The molecule has 0 aliphatic carbocycles. The van der Waals surface area contributed by atoms with Crippen LogP contribution in [0.1, 0.15) is 10.5 Å². The number of aromatic nitrogens is 2. The molecule has 1 amide bonds. The van der Waals surface area contributed by atoms with Gasteiger partial charge in [0.05, 0.1) is 4.90 Å². The van der Waals surface area contributed by atoms with E-state index in [1.165, 1.54) is 29.1 Å². The summed E-state index contributed by atoms with van der Waals surface area (Å²) in [7, 11) is -4.28. The SMILES string of the molecule is O=C(Nc1ccc(S(=O)(=O)NCC(F)(F)F)cc1)c1ccn[nH]1. The predicted octanol–water partition coefficient (Wildman–Crippen LogP) is 1.50. The van der Waals surface area contributed by atoms with Crippen molar-refractivity contribution in [2.45, 2.75) is 11.1 Å². The monoisotopic (exact) mass is 348 g/mol. The first-order chi connectivity index (χ1) is 10.7. The van der Waals surface area contributed by atoms with Crippen molar-refractivity contribution in [1.29, 1.82) is 0 Å². The number of aromatic amines is 1. The lowest BCUT2D eigenvalue weighted by atomic mass is 10.3. The van der Waals surface area contributed by atoms with Crippen LogP contribution in [0.5, 0.6) is 0 Å². The van der Waals surface area contributed by atoms with Gasteiger partial charge < -0.3 is 5.32 Å². The molecule has 0 saturated heterocycles. The minimum absolute atomic E-state index is 0.202. The van der Waals surface area contributed by atoms with Gasteiger partial charge in [-0.3, -0.25) is 9.89 Å². The molecule has 0 bridgehead atoms. The van der Waals surface area contributed by atoms with Crippen LogP contribution >= 0.6 is 0 Å². The van der Waals surface area contributed by atoms with Crippen LogP contribution in [0.2, 0.25) is 0 Å². The second kappa shape index (κ2) is 6.38. The molecule has 2 rings (SSSR count). The number of amides is 1. The summed E-state index contributed by atoms with van der Waals surface area (Å²) in [6.45, 7) is -1.66. The van der Waals surface area contributed by atoms with Crippen molar-refractivity contribution >= 4 is 21.6 Å². The summed E-state index contributed by atoms with van der Waals surface area (Å²) in [5.41, 5.74) is 0.480. The van der Waals surface area contributed by atoms with E-state index in [0.717, 1.165) is 12.1 Å². The number of halogens is 3. The standard InChI is InChI=1S/C12H11F3N4O3S/c13-12(14,15)7-17-23(21,22)9-3-1-8(2-4-9)18-11(20)10-5-6-16-19-10/h1-6,17H,7H2,(H,16,19)(H,18,20). The number of hydrogen-bond donors (Lipinski definition) is 3. The third kappa shape index (κ3) is 4.79. The van der Waals surface area contributed by atoms with E-state index in [-0.39, 0.29) is 16.3 Å². The van der Waals surface area contributed by atoms with Crippen molar-refractivity contribution in [1.82, 2.24) is 14.9 Å². The van der Waals surface area contributed by atoms with Gasteiger partial charge in [0.1, 0.15) is 12.2 Å². The highest BCUT2D eigenvalue weighted by Crippen LogP contribution is 2.17. The normalized spacial score (nSPS) is 12.1. The van der Waals surface area contributed by atoms with E-state index >= 15 is 0 Å². The zero-order chi connectivity index (χ0) is 17.1. The Bertz CT molecular complexity index is 771. The molecular formula is C12H11F3N4O3S. The average molecular weight is 348 g/mol. The second-order valence-electron chi connectivity index (χ2n) is 4.39. The number of benzene rings is 1. The largest absolute Gasteiger partial charge is 0.402 e. The molecule has 0 unspecified atom stereocenters. The number of carbonyl (C=O) groups excluding carboxylic acids is 1. The zero-order valence-corrected chi connectivity index (χ0v) is 12.2. The Morgan fingerprint density at radius 3 is 2.35 bits per heavy atom. The molecular weight excluding hydrogens is 337 g/mol. The summed E-state index contributed by atoms with van der Waals surface area (Å²) in [6, 6.07) is 6.13. The van der Waals surface area contributed by atoms with Gasteiger partial charge in [-0.15, -0.1) is 0 Å². The van der Waals surface area contributed by atoms with Crippen LogP contribution in [0.15, 0.2) is 41.4 Å². The summed E-state index contributed by atoms with van der Waals surface area (Å²) in [6.07, 6.45) is -3.26. The Balaban J connectivity index is 2.05. The van der Waals surface area contributed by atoms with Crippen LogP contribution in [-0.2, 0) is 10.0 Å². The van der Waals surface area contributed by atoms with Crippen LogP contribution in [0, 0.1) is 0 Å². The van der Waals surface area contributed by atoms with Gasteiger partial charge in [0.2, 0.25) is 10.0 Å². The number of sulfonamides is 1. The summed E-state index contributed by atoms with van der Waals surface area (Å²) in [4.78, 5) is 11.4. The minimum atomic E-state index is -4.65. The maximum atomic E-state index is 12.1. The molecule has 0 spiro atoms. The van der Waals surface area contributed by atoms with Crippen LogP contribution in [0.3, 0.4) is 0 Å². The summed E-state index contributed by atoms with van der Waals surface area (Å²) in [5, 5.41) is 8.53. The molecule has 1 aromatic heterocycles. The topological polar surface area (TPSA) is 104 Å². The van der Waals surface area contributed by atoms with E-state index in [9.17, 15) is 26.4 Å². The van der Waals surface area contributed by atoms with E-state index in [2.05, 4.69) is 15.5 Å². The quantitative estimate of drug-likeness (QED) is 0.762. The van der Waals surface area contributed by atoms with Crippen LogP contribution in [-0.4, -0.2) is 37.2 Å². The molecule has 124 valence electrons. The lowest BCUT2D eigenvalue weighted by Crippen LogP contribution is -2.33. The Labute approximate surface area is 128 Å². The van der Waals surface area contributed by atoms with Crippen molar-refractivity contribution in [3.63, 3.8) is 0 Å². The number of anilines is 1. The fraction of sp³-hybridized carbons (Fsp3) is 0.167. The lowest BCUT2D eigenvalue weighted by Gasteiger charge is -2.10. The number of H-pyrrole nitrogens is 1. The highest BCUT2D eigenvalue weighted by molar-refractivity contribution is 7.89. The number of alkyl halides is 3. The first kappa shape index (κ1) is 17.0. The molecule has 0 fully saturated rings. The zero-order valence-electron chi connectivity index (χ0n) is 11.4. The molecule has 1 heterocycles. The average Bonchev–Trinajstić information content (AvgIpc) is 2.99. The van der Waals surface area contributed by atoms with Gasteiger partial charge in [-0.2, -0.15) is 18.3 Å². The van der Waals surface area contributed by atoms with E-state index < -0.39 is 28.7 Å². The maximum absolute atomic E-state index is 12.1. The van der Waals surface area contributed by atoms with Gasteiger partial charge in [-0.05, 0) is 30.3 Å². The number of nitrogens with zero attached hydrogens (tertiary/aromatic N) is 1. The fourth-order valence-electron chi connectivity index (χ4n) is 1.56. The van der Waals surface area contributed by atoms with Gasteiger partial charge in [-0.25, -0.2) is 13.1 Å². The Kier molecular flexibility index (Phi) is 4.71. The van der Waals surface area contributed by atoms with Gasteiger partial charge in [0, 0.05) is 11.9 Å². The van der Waals surface area contributed by atoms with Crippen molar-refractivity contribution in [2.24, 2.45) is 0 Å².